The molecule has 0 saturated carbocycles. The van der Waals surface area contributed by atoms with Gasteiger partial charge in [-0.25, -0.2) is 0 Å². The van der Waals surface area contributed by atoms with Gasteiger partial charge in [-0.05, 0) is 29.7 Å². The predicted octanol–water partition coefficient (Wildman–Crippen LogP) is 4.09. The Kier molecular flexibility index (Phi) is 5.57. The Morgan fingerprint density at radius 3 is 2.29 bits per heavy atom. The van der Waals surface area contributed by atoms with Gasteiger partial charge in [0.1, 0.15) is 0 Å². The summed E-state index contributed by atoms with van der Waals surface area (Å²) >= 11 is 0. The second kappa shape index (κ2) is 7.41. The highest BCUT2D eigenvalue weighted by Crippen LogP contribution is 2.23. The molecule has 112 valence electrons. The summed E-state index contributed by atoms with van der Waals surface area (Å²) in [7, 11) is 1.10. The molecule has 0 aromatic heterocycles. The minimum Gasteiger partial charge on any atom is -0.374 e. The van der Waals surface area contributed by atoms with E-state index >= 15 is 0 Å². The molecular weight excluding hydrogens is 278 g/mol. The van der Waals surface area contributed by atoms with Crippen LogP contribution in [0.4, 0.5) is 5.69 Å². The molecule has 0 heterocycles. The van der Waals surface area contributed by atoms with Gasteiger partial charge in [0.2, 0.25) is 0 Å². The highest BCUT2D eigenvalue weighted by atomic mass is 32.2. The SMILES string of the molecule is CC(C)CN(C)c1ccccc1CS(=O)c1ccccc1. The lowest BCUT2D eigenvalue weighted by atomic mass is 10.1. The molecule has 0 radical (unpaired) electrons. The molecule has 0 saturated heterocycles. The number of anilines is 1. The Bertz CT molecular complexity index is 595. The minimum atomic E-state index is -1.00. The monoisotopic (exact) mass is 301 g/mol. The molecule has 0 aliphatic rings. The standard InChI is InChI=1S/C18H23NOS/c1-15(2)13-19(3)18-12-8-7-9-16(18)14-21(20)17-10-5-4-6-11-17/h4-12,15H,13-14H2,1-3H3. The Hall–Kier alpha value is -1.61. The molecule has 0 bridgehead atoms. The molecule has 2 aromatic carbocycles. The number of hydrogen-bond donors (Lipinski definition) is 0. The van der Waals surface area contributed by atoms with Crippen LogP contribution < -0.4 is 4.90 Å². The van der Waals surface area contributed by atoms with Gasteiger partial charge in [-0.1, -0.05) is 50.2 Å². The highest BCUT2D eigenvalue weighted by molar-refractivity contribution is 7.84. The summed E-state index contributed by atoms with van der Waals surface area (Å²) in [6.45, 7) is 5.41. The van der Waals surface area contributed by atoms with Gasteiger partial charge in [-0.15, -0.1) is 0 Å². The van der Waals surface area contributed by atoms with E-state index in [1.165, 1.54) is 5.69 Å². The molecule has 0 amide bonds. The van der Waals surface area contributed by atoms with Crippen molar-refractivity contribution >= 4 is 16.5 Å². The summed E-state index contributed by atoms with van der Waals surface area (Å²) in [5.74, 6) is 1.16. The highest BCUT2D eigenvalue weighted by Gasteiger charge is 2.12. The summed E-state index contributed by atoms with van der Waals surface area (Å²) < 4.78 is 12.5. The topological polar surface area (TPSA) is 20.3 Å². The fraction of sp³-hybridized carbons (Fsp3) is 0.333. The quantitative estimate of drug-likeness (QED) is 0.801. The van der Waals surface area contributed by atoms with Crippen molar-refractivity contribution in [1.82, 2.24) is 0 Å². The van der Waals surface area contributed by atoms with Crippen LogP contribution in [0.5, 0.6) is 0 Å². The molecule has 2 rings (SSSR count). The zero-order chi connectivity index (χ0) is 15.2. The first-order valence-electron chi connectivity index (χ1n) is 7.30. The van der Waals surface area contributed by atoms with E-state index in [4.69, 9.17) is 0 Å². The van der Waals surface area contributed by atoms with Crippen LogP contribution >= 0.6 is 0 Å². The van der Waals surface area contributed by atoms with Crippen molar-refractivity contribution in [2.45, 2.75) is 24.5 Å². The van der Waals surface area contributed by atoms with Gasteiger partial charge in [0.25, 0.3) is 0 Å². The first-order valence-corrected chi connectivity index (χ1v) is 8.62. The molecule has 0 spiro atoms. The maximum Gasteiger partial charge on any atom is 0.0574 e. The van der Waals surface area contributed by atoms with Crippen LogP contribution in [0.2, 0.25) is 0 Å². The summed E-state index contributed by atoms with van der Waals surface area (Å²) in [6, 6.07) is 17.9. The van der Waals surface area contributed by atoms with Crippen molar-refractivity contribution in [3.8, 4) is 0 Å². The summed E-state index contributed by atoms with van der Waals surface area (Å²) in [6.07, 6.45) is 0. The number of para-hydroxylation sites is 1. The molecule has 3 heteroatoms. The largest absolute Gasteiger partial charge is 0.374 e. The fourth-order valence-corrected chi connectivity index (χ4v) is 3.60. The van der Waals surface area contributed by atoms with E-state index in [1.807, 2.05) is 42.5 Å². The molecule has 2 aromatic rings. The van der Waals surface area contributed by atoms with E-state index in [9.17, 15) is 4.21 Å². The van der Waals surface area contributed by atoms with E-state index in [-0.39, 0.29) is 0 Å². The maximum absolute atomic E-state index is 12.5. The Morgan fingerprint density at radius 2 is 1.62 bits per heavy atom. The van der Waals surface area contributed by atoms with Gasteiger partial charge in [-0.2, -0.15) is 0 Å². The third-order valence-corrected chi connectivity index (χ3v) is 4.71. The number of hydrogen-bond acceptors (Lipinski definition) is 2. The first-order chi connectivity index (χ1) is 10.1. The van der Waals surface area contributed by atoms with Gasteiger partial charge >= 0.3 is 0 Å². The molecule has 0 aliphatic heterocycles. The van der Waals surface area contributed by atoms with Gasteiger partial charge in [-0.3, -0.25) is 4.21 Å². The zero-order valence-corrected chi connectivity index (χ0v) is 13.8. The summed E-state index contributed by atoms with van der Waals surface area (Å²) in [4.78, 5) is 3.14. The van der Waals surface area contributed by atoms with E-state index in [0.29, 0.717) is 11.7 Å². The number of rotatable bonds is 6. The third kappa shape index (κ3) is 4.43. The van der Waals surface area contributed by atoms with Gasteiger partial charge in [0.15, 0.2) is 0 Å². The van der Waals surface area contributed by atoms with E-state index < -0.39 is 10.8 Å². The zero-order valence-electron chi connectivity index (χ0n) is 13.0. The number of nitrogens with zero attached hydrogens (tertiary/aromatic N) is 1. The molecule has 2 nitrogen and oxygen atoms in total. The van der Waals surface area contributed by atoms with Crippen LogP contribution in [0.15, 0.2) is 59.5 Å². The lowest BCUT2D eigenvalue weighted by molar-refractivity contribution is 0.637. The molecular formula is C18H23NOS. The van der Waals surface area contributed by atoms with Crippen molar-refractivity contribution in [2.75, 3.05) is 18.5 Å². The fourth-order valence-electron chi connectivity index (χ4n) is 2.45. The lowest BCUT2D eigenvalue weighted by Crippen LogP contribution is -2.23. The van der Waals surface area contributed by atoms with E-state index in [1.54, 1.807) is 0 Å². The average molecular weight is 301 g/mol. The smallest absolute Gasteiger partial charge is 0.0574 e. The van der Waals surface area contributed by atoms with E-state index in [0.717, 1.165) is 17.0 Å². The second-order valence-electron chi connectivity index (χ2n) is 5.71. The molecule has 0 N–H and O–H groups in total. The second-order valence-corrected chi connectivity index (χ2v) is 7.16. The van der Waals surface area contributed by atoms with Crippen molar-refractivity contribution < 1.29 is 4.21 Å². The van der Waals surface area contributed by atoms with Gasteiger partial charge in [0.05, 0.1) is 16.6 Å². The van der Waals surface area contributed by atoms with Crippen LogP contribution in [0, 0.1) is 5.92 Å². The Morgan fingerprint density at radius 1 is 1.00 bits per heavy atom. The first kappa shape index (κ1) is 15.8. The predicted molar refractivity (Wildman–Crippen MR) is 91.1 cm³/mol. The van der Waals surface area contributed by atoms with Crippen LogP contribution in [0.1, 0.15) is 19.4 Å². The molecule has 21 heavy (non-hydrogen) atoms. The normalized spacial score (nSPS) is 12.4. The Balaban J connectivity index is 2.19. The van der Waals surface area contributed by atoms with E-state index in [2.05, 4.69) is 37.9 Å². The minimum absolute atomic E-state index is 0.558. The summed E-state index contributed by atoms with van der Waals surface area (Å²) in [5.41, 5.74) is 2.32. The molecule has 1 atom stereocenters. The number of benzene rings is 2. The molecule has 1 unspecified atom stereocenters. The van der Waals surface area contributed by atoms with Gasteiger partial charge < -0.3 is 4.90 Å². The van der Waals surface area contributed by atoms with Crippen molar-refractivity contribution in [3.63, 3.8) is 0 Å². The Labute approximate surface area is 130 Å². The maximum atomic E-state index is 12.5. The van der Waals surface area contributed by atoms with Crippen molar-refractivity contribution in [3.05, 3.63) is 60.2 Å². The molecule has 0 fully saturated rings. The molecule has 0 aliphatic carbocycles. The van der Waals surface area contributed by atoms with Crippen LogP contribution in [0.3, 0.4) is 0 Å². The van der Waals surface area contributed by atoms with Crippen molar-refractivity contribution in [1.29, 1.82) is 0 Å². The summed E-state index contributed by atoms with van der Waals surface area (Å²) in [5, 5.41) is 0. The van der Waals surface area contributed by atoms with Crippen LogP contribution in [0.25, 0.3) is 0 Å². The lowest BCUT2D eigenvalue weighted by Gasteiger charge is -2.24. The third-order valence-electron chi connectivity index (χ3n) is 3.33. The average Bonchev–Trinajstić information content (AvgIpc) is 2.48. The van der Waals surface area contributed by atoms with Crippen molar-refractivity contribution in [2.24, 2.45) is 5.92 Å². The van der Waals surface area contributed by atoms with Crippen LogP contribution in [-0.4, -0.2) is 17.8 Å². The van der Waals surface area contributed by atoms with Crippen LogP contribution in [-0.2, 0) is 16.6 Å². The van der Waals surface area contributed by atoms with Gasteiger partial charge in [0, 0.05) is 24.2 Å².